The largest absolute Gasteiger partial charge is 0.492 e. The Labute approximate surface area is 166 Å². The highest BCUT2D eigenvalue weighted by Crippen LogP contribution is 2.36. The quantitative estimate of drug-likeness (QED) is 0.653. The molecular formula is C21H29N3O4. The first-order chi connectivity index (χ1) is 13.7. The van der Waals surface area contributed by atoms with Crippen molar-refractivity contribution in [3.05, 3.63) is 29.3 Å². The molecule has 0 aromatic heterocycles. The minimum Gasteiger partial charge on any atom is -0.492 e. The summed E-state index contributed by atoms with van der Waals surface area (Å²) in [6.45, 7) is 5.00. The summed E-state index contributed by atoms with van der Waals surface area (Å²) in [5.41, 5.74) is 1.46. The van der Waals surface area contributed by atoms with Crippen molar-refractivity contribution < 1.29 is 19.0 Å². The smallest absolute Gasteiger partial charge is 0.253 e. The van der Waals surface area contributed by atoms with Gasteiger partial charge >= 0.3 is 0 Å². The number of methoxy groups -OCH3 is 1. The van der Waals surface area contributed by atoms with Crippen LogP contribution in [0.25, 0.3) is 0 Å². The van der Waals surface area contributed by atoms with Gasteiger partial charge in [-0.2, -0.15) is 5.26 Å². The number of carbonyl (C=O) groups excluding carboxylic acids is 1. The predicted octanol–water partition coefficient (Wildman–Crippen LogP) is 2.01. The number of ether oxygens (including phenoxy) is 3. The van der Waals surface area contributed by atoms with Crippen molar-refractivity contribution in [2.45, 2.75) is 44.4 Å². The molecule has 2 atom stereocenters. The molecule has 0 radical (unpaired) electrons. The van der Waals surface area contributed by atoms with E-state index in [0.29, 0.717) is 37.7 Å². The summed E-state index contributed by atoms with van der Waals surface area (Å²) in [5.74, 6) is 0.593. The lowest BCUT2D eigenvalue weighted by Gasteiger charge is -2.34. The van der Waals surface area contributed by atoms with Gasteiger partial charge in [0.15, 0.2) is 0 Å². The van der Waals surface area contributed by atoms with Gasteiger partial charge in [-0.25, -0.2) is 0 Å². The van der Waals surface area contributed by atoms with Crippen molar-refractivity contribution in [1.82, 2.24) is 10.2 Å². The molecule has 28 heavy (non-hydrogen) atoms. The van der Waals surface area contributed by atoms with Gasteiger partial charge in [-0.05, 0) is 37.5 Å². The predicted molar refractivity (Wildman–Crippen MR) is 104 cm³/mol. The second kappa shape index (κ2) is 9.87. The van der Waals surface area contributed by atoms with E-state index in [0.717, 1.165) is 31.4 Å². The van der Waals surface area contributed by atoms with Crippen LogP contribution in [-0.4, -0.2) is 63.0 Å². The molecule has 0 unspecified atom stereocenters. The maximum atomic E-state index is 13.1. The Morgan fingerprint density at radius 3 is 2.89 bits per heavy atom. The topological polar surface area (TPSA) is 83.8 Å². The number of rotatable bonds is 9. The van der Waals surface area contributed by atoms with Crippen molar-refractivity contribution in [3.63, 3.8) is 0 Å². The first-order valence-corrected chi connectivity index (χ1v) is 9.96. The molecule has 1 aliphatic carbocycles. The summed E-state index contributed by atoms with van der Waals surface area (Å²) in [6.07, 6.45) is 2.36. The van der Waals surface area contributed by atoms with E-state index in [1.807, 2.05) is 24.0 Å². The number of nitrogens with zero attached hydrogens (tertiary/aromatic N) is 2. The monoisotopic (exact) mass is 387 g/mol. The Morgan fingerprint density at radius 1 is 1.43 bits per heavy atom. The number of hydrogen-bond donors (Lipinski definition) is 1. The van der Waals surface area contributed by atoms with Gasteiger partial charge in [-0.3, -0.25) is 4.79 Å². The molecule has 1 aromatic carbocycles. The molecule has 1 aromatic rings. The molecule has 152 valence electrons. The number of hydrogen-bond acceptors (Lipinski definition) is 6. The second-order valence-corrected chi connectivity index (χ2v) is 7.28. The van der Waals surface area contributed by atoms with Crippen LogP contribution in [-0.2, 0) is 14.3 Å². The van der Waals surface area contributed by atoms with E-state index in [4.69, 9.17) is 14.2 Å². The van der Waals surface area contributed by atoms with E-state index in [-0.39, 0.29) is 18.0 Å². The third-order valence-electron chi connectivity index (χ3n) is 5.17. The van der Waals surface area contributed by atoms with E-state index in [1.54, 1.807) is 13.2 Å². The molecule has 7 nitrogen and oxygen atoms in total. The average Bonchev–Trinajstić information content (AvgIpc) is 3.56. The lowest BCUT2D eigenvalue weighted by Crippen LogP contribution is -2.50. The van der Waals surface area contributed by atoms with E-state index >= 15 is 0 Å². The van der Waals surface area contributed by atoms with Crippen LogP contribution in [0.2, 0.25) is 0 Å². The van der Waals surface area contributed by atoms with Gasteiger partial charge in [-0.1, -0.05) is 6.07 Å². The first kappa shape index (κ1) is 20.6. The van der Waals surface area contributed by atoms with Gasteiger partial charge in [0.2, 0.25) is 0 Å². The van der Waals surface area contributed by atoms with Crippen molar-refractivity contribution in [2.75, 3.05) is 40.0 Å². The van der Waals surface area contributed by atoms with Gasteiger partial charge in [-0.15, -0.1) is 0 Å². The van der Waals surface area contributed by atoms with Crippen LogP contribution in [0.3, 0.4) is 0 Å². The van der Waals surface area contributed by atoms with Crippen LogP contribution >= 0.6 is 0 Å². The zero-order valence-corrected chi connectivity index (χ0v) is 16.6. The molecule has 1 heterocycles. The molecule has 1 saturated carbocycles. The van der Waals surface area contributed by atoms with Crippen LogP contribution in [0.5, 0.6) is 5.75 Å². The SMILES string of the molecule is COCCCOc1cc([C@@H](C)N(C(=O)[C@H]2CNCCO2)C2CC2)ccc1C#N. The Hall–Kier alpha value is -2.14. The molecule has 1 saturated heterocycles. The Balaban J connectivity index is 1.75. The van der Waals surface area contributed by atoms with Crippen LogP contribution in [0, 0.1) is 11.3 Å². The third kappa shape index (κ3) is 5.02. The zero-order valence-electron chi connectivity index (χ0n) is 16.6. The molecule has 1 N–H and O–H groups in total. The van der Waals surface area contributed by atoms with Gasteiger partial charge in [0, 0.05) is 39.3 Å². The molecule has 7 heteroatoms. The van der Waals surface area contributed by atoms with E-state index in [9.17, 15) is 10.1 Å². The van der Waals surface area contributed by atoms with Gasteiger partial charge in [0.1, 0.15) is 17.9 Å². The molecule has 1 amide bonds. The van der Waals surface area contributed by atoms with Crippen molar-refractivity contribution in [2.24, 2.45) is 0 Å². The van der Waals surface area contributed by atoms with Crippen LogP contribution in [0.4, 0.5) is 0 Å². The molecular weight excluding hydrogens is 358 g/mol. The summed E-state index contributed by atoms with van der Waals surface area (Å²) in [6, 6.07) is 7.89. The summed E-state index contributed by atoms with van der Waals surface area (Å²) in [7, 11) is 1.65. The van der Waals surface area contributed by atoms with Crippen LogP contribution in [0.1, 0.15) is 43.4 Å². The minimum absolute atomic E-state index is 0.0362. The normalized spacial score (nSPS) is 20.2. The summed E-state index contributed by atoms with van der Waals surface area (Å²) in [4.78, 5) is 15.1. The van der Waals surface area contributed by atoms with E-state index in [2.05, 4.69) is 11.4 Å². The van der Waals surface area contributed by atoms with Crippen molar-refractivity contribution in [3.8, 4) is 11.8 Å². The molecule has 1 aliphatic heterocycles. The fourth-order valence-electron chi connectivity index (χ4n) is 3.49. The highest BCUT2D eigenvalue weighted by atomic mass is 16.5. The number of morpholine rings is 1. The maximum absolute atomic E-state index is 13.1. The second-order valence-electron chi connectivity index (χ2n) is 7.28. The lowest BCUT2D eigenvalue weighted by atomic mass is 10.0. The van der Waals surface area contributed by atoms with Crippen LogP contribution in [0.15, 0.2) is 18.2 Å². The number of nitriles is 1. The van der Waals surface area contributed by atoms with Crippen molar-refractivity contribution in [1.29, 1.82) is 5.26 Å². The van der Waals surface area contributed by atoms with Gasteiger partial charge in [0.25, 0.3) is 5.91 Å². The fraction of sp³-hybridized carbons (Fsp3) is 0.619. The first-order valence-electron chi connectivity index (χ1n) is 9.96. The average molecular weight is 387 g/mol. The Morgan fingerprint density at radius 2 is 2.25 bits per heavy atom. The number of benzene rings is 1. The molecule has 3 rings (SSSR count). The summed E-state index contributed by atoms with van der Waals surface area (Å²) in [5, 5.41) is 12.6. The number of amides is 1. The van der Waals surface area contributed by atoms with Gasteiger partial charge < -0.3 is 24.4 Å². The third-order valence-corrected chi connectivity index (χ3v) is 5.17. The van der Waals surface area contributed by atoms with Crippen LogP contribution < -0.4 is 10.1 Å². The summed E-state index contributed by atoms with van der Waals surface area (Å²) < 4.78 is 16.5. The van der Waals surface area contributed by atoms with E-state index in [1.165, 1.54) is 0 Å². The number of nitrogens with one attached hydrogen (secondary N) is 1. The Bertz CT molecular complexity index is 708. The lowest BCUT2D eigenvalue weighted by molar-refractivity contribution is -0.148. The van der Waals surface area contributed by atoms with Crippen molar-refractivity contribution >= 4 is 5.91 Å². The summed E-state index contributed by atoms with van der Waals surface area (Å²) >= 11 is 0. The minimum atomic E-state index is -0.431. The molecule has 2 fully saturated rings. The molecule has 0 bridgehead atoms. The highest BCUT2D eigenvalue weighted by Gasteiger charge is 2.40. The Kier molecular flexibility index (Phi) is 7.26. The molecule has 2 aliphatic rings. The van der Waals surface area contributed by atoms with E-state index < -0.39 is 6.10 Å². The zero-order chi connectivity index (χ0) is 19.9. The van der Waals surface area contributed by atoms with Gasteiger partial charge in [0.05, 0.1) is 24.8 Å². The standard InChI is InChI=1S/C21H29N3O4/c1-15(24(18-6-7-18)21(25)20-14-23-8-11-28-20)16-4-5-17(13-22)19(12-16)27-10-3-9-26-2/h4-5,12,15,18,20,23H,3,6-11,14H2,1-2H3/t15-,20-/m1/s1. The molecule has 0 spiro atoms. The highest BCUT2D eigenvalue weighted by molar-refractivity contribution is 5.82. The maximum Gasteiger partial charge on any atom is 0.253 e. The number of carbonyl (C=O) groups is 1. The fourth-order valence-corrected chi connectivity index (χ4v) is 3.49.